The third kappa shape index (κ3) is 1.92. The van der Waals surface area contributed by atoms with Gasteiger partial charge in [-0.25, -0.2) is 8.78 Å². The minimum atomic E-state index is -0.977. The van der Waals surface area contributed by atoms with Crippen molar-refractivity contribution in [3.05, 3.63) is 35.4 Å². The first kappa shape index (κ1) is 13.5. The molecule has 2 heterocycles. The second-order valence-corrected chi connectivity index (χ2v) is 6.22. The Morgan fingerprint density at radius 2 is 2.05 bits per heavy atom. The van der Waals surface area contributed by atoms with Crippen LogP contribution in [0.25, 0.3) is 0 Å². The summed E-state index contributed by atoms with van der Waals surface area (Å²) in [5.74, 6) is -1.27. The zero-order valence-corrected chi connectivity index (χ0v) is 11.6. The van der Waals surface area contributed by atoms with Crippen molar-refractivity contribution in [1.82, 2.24) is 10.2 Å². The normalized spacial score (nSPS) is 27.7. The molecule has 2 saturated heterocycles. The number of rotatable bonds is 1. The SMILES string of the molecule is CC1(C)C2CNCC2CN1C(=O)c1ccc(F)c(F)c1. The minimum Gasteiger partial charge on any atom is -0.333 e. The summed E-state index contributed by atoms with van der Waals surface area (Å²) in [6, 6.07) is 3.34. The van der Waals surface area contributed by atoms with Crippen LogP contribution in [0, 0.1) is 23.5 Å². The molecule has 0 radical (unpaired) electrons. The van der Waals surface area contributed by atoms with E-state index in [-0.39, 0.29) is 17.0 Å². The van der Waals surface area contributed by atoms with Crippen molar-refractivity contribution in [3.63, 3.8) is 0 Å². The zero-order valence-electron chi connectivity index (χ0n) is 11.6. The molecule has 5 heteroatoms. The highest BCUT2D eigenvalue weighted by molar-refractivity contribution is 5.95. The molecular weight excluding hydrogens is 262 g/mol. The van der Waals surface area contributed by atoms with E-state index in [0.717, 1.165) is 25.2 Å². The molecule has 108 valence electrons. The Morgan fingerprint density at radius 1 is 1.30 bits per heavy atom. The summed E-state index contributed by atoms with van der Waals surface area (Å²) in [5.41, 5.74) is -0.0549. The third-order valence-electron chi connectivity index (χ3n) is 4.77. The molecule has 0 aliphatic carbocycles. The minimum absolute atomic E-state index is 0.213. The van der Waals surface area contributed by atoms with E-state index in [1.165, 1.54) is 6.07 Å². The van der Waals surface area contributed by atoms with Crippen molar-refractivity contribution in [2.45, 2.75) is 19.4 Å². The fraction of sp³-hybridized carbons (Fsp3) is 0.533. The summed E-state index contributed by atoms with van der Waals surface area (Å²) in [5, 5.41) is 3.35. The monoisotopic (exact) mass is 280 g/mol. The van der Waals surface area contributed by atoms with Gasteiger partial charge in [-0.15, -0.1) is 0 Å². The van der Waals surface area contributed by atoms with Crippen molar-refractivity contribution >= 4 is 5.91 Å². The molecule has 2 aliphatic rings. The molecule has 2 atom stereocenters. The Bertz CT molecular complexity index is 559. The van der Waals surface area contributed by atoms with Crippen LogP contribution in [0.3, 0.4) is 0 Å². The smallest absolute Gasteiger partial charge is 0.254 e. The molecule has 0 saturated carbocycles. The fourth-order valence-corrected chi connectivity index (χ4v) is 3.55. The molecule has 20 heavy (non-hydrogen) atoms. The molecule has 2 aliphatic heterocycles. The van der Waals surface area contributed by atoms with E-state index in [9.17, 15) is 13.6 Å². The Morgan fingerprint density at radius 3 is 2.70 bits per heavy atom. The highest BCUT2D eigenvalue weighted by Gasteiger charge is 2.51. The van der Waals surface area contributed by atoms with Crippen LogP contribution < -0.4 is 5.32 Å². The number of carbonyl (C=O) groups excluding carboxylic acids is 1. The summed E-state index contributed by atoms with van der Waals surface area (Å²) in [7, 11) is 0. The Balaban J connectivity index is 1.89. The Kier molecular flexibility index (Phi) is 3.05. The van der Waals surface area contributed by atoms with E-state index in [2.05, 4.69) is 5.32 Å². The maximum Gasteiger partial charge on any atom is 0.254 e. The number of hydrogen-bond acceptors (Lipinski definition) is 2. The number of nitrogens with zero attached hydrogens (tertiary/aromatic N) is 1. The average molecular weight is 280 g/mol. The van der Waals surface area contributed by atoms with Crippen LogP contribution in [-0.4, -0.2) is 36.0 Å². The standard InChI is InChI=1S/C15H18F2N2O/c1-15(2)11-7-18-6-10(11)8-19(15)14(20)9-3-4-12(16)13(17)5-9/h3-5,10-11,18H,6-8H2,1-2H3. The van der Waals surface area contributed by atoms with Gasteiger partial charge < -0.3 is 10.2 Å². The van der Waals surface area contributed by atoms with Crippen molar-refractivity contribution in [2.75, 3.05) is 19.6 Å². The van der Waals surface area contributed by atoms with Gasteiger partial charge in [-0.2, -0.15) is 0 Å². The number of hydrogen-bond donors (Lipinski definition) is 1. The number of halogens is 2. The molecule has 1 amide bonds. The lowest BCUT2D eigenvalue weighted by Crippen LogP contribution is -2.47. The molecule has 1 N–H and O–H groups in total. The first-order chi connectivity index (χ1) is 9.41. The van der Waals surface area contributed by atoms with Gasteiger partial charge in [-0.1, -0.05) is 0 Å². The van der Waals surface area contributed by atoms with Gasteiger partial charge in [0.15, 0.2) is 11.6 Å². The van der Waals surface area contributed by atoms with Crippen LogP contribution in [0.1, 0.15) is 24.2 Å². The van der Waals surface area contributed by atoms with Crippen molar-refractivity contribution in [2.24, 2.45) is 11.8 Å². The van der Waals surface area contributed by atoms with Crippen LogP contribution in [0.5, 0.6) is 0 Å². The lowest BCUT2D eigenvalue weighted by Gasteiger charge is -2.35. The zero-order chi connectivity index (χ0) is 14.5. The molecule has 2 fully saturated rings. The molecule has 0 spiro atoms. The summed E-state index contributed by atoms with van der Waals surface area (Å²) in [6.45, 7) is 6.57. The lowest BCUT2D eigenvalue weighted by molar-refractivity contribution is 0.0602. The average Bonchev–Trinajstić information content (AvgIpc) is 2.95. The van der Waals surface area contributed by atoms with Crippen molar-refractivity contribution in [1.29, 1.82) is 0 Å². The van der Waals surface area contributed by atoms with E-state index in [4.69, 9.17) is 0 Å². The maximum absolute atomic E-state index is 13.3. The van der Waals surface area contributed by atoms with Gasteiger partial charge in [0, 0.05) is 30.7 Å². The van der Waals surface area contributed by atoms with Crippen molar-refractivity contribution in [3.8, 4) is 0 Å². The second-order valence-electron chi connectivity index (χ2n) is 6.22. The lowest BCUT2D eigenvalue weighted by atomic mass is 9.84. The molecular formula is C15H18F2N2O. The first-order valence-electron chi connectivity index (χ1n) is 6.89. The Hall–Kier alpha value is -1.49. The number of likely N-dealkylation sites (tertiary alicyclic amines) is 1. The largest absolute Gasteiger partial charge is 0.333 e. The predicted octanol–water partition coefficient (Wildman–Crippen LogP) is 2.03. The topological polar surface area (TPSA) is 32.3 Å². The van der Waals surface area contributed by atoms with Gasteiger partial charge >= 0.3 is 0 Å². The number of carbonyl (C=O) groups is 1. The van der Waals surface area contributed by atoms with Gasteiger partial charge in [0.2, 0.25) is 0 Å². The van der Waals surface area contributed by atoms with E-state index in [1.54, 1.807) is 4.90 Å². The number of fused-ring (bicyclic) bond motifs is 1. The van der Waals surface area contributed by atoms with Crippen molar-refractivity contribution < 1.29 is 13.6 Å². The van der Waals surface area contributed by atoms with E-state index in [1.807, 2.05) is 13.8 Å². The van der Waals surface area contributed by atoms with Crippen LogP contribution in [0.4, 0.5) is 8.78 Å². The van der Waals surface area contributed by atoms with Gasteiger partial charge in [-0.3, -0.25) is 4.79 Å². The first-order valence-corrected chi connectivity index (χ1v) is 6.89. The third-order valence-corrected chi connectivity index (χ3v) is 4.77. The summed E-state index contributed by atoms with van der Waals surface area (Å²) in [4.78, 5) is 14.4. The quantitative estimate of drug-likeness (QED) is 0.853. The van der Waals surface area contributed by atoms with Crippen LogP contribution >= 0.6 is 0 Å². The fourth-order valence-electron chi connectivity index (χ4n) is 3.55. The number of benzene rings is 1. The van der Waals surface area contributed by atoms with Gasteiger partial charge in [0.25, 0.3) is 5.91 Å². The maximum atomic E-state index is 13.3. The molecule has 0 aromatic heterocycles. The van der Waals surface area contributed by atoms with E-state index in [0.29, 0.717) is 18.4 Å². The summed E-state index contributed by atoms with van der Waals surface area (Å²) < 4.78 is 26.3. The molecule has 1 aromatic carbocycles. The number of amides is 1. The van der Waals surface area contributed by atoms with E-state index >= 15 is 0 Å². The van der Waals surface area contributed by atoms with E-state index < -0.39 is 11.6 Å². The van der Waals surface area contributed by atoms with Crippen LogP contribution in [0.15, 0.2) is 18.2 Å². The molecule has 0 bridgehead atoms. The van der Waals surface area contributed by atoms with Gasteiger partial charge in [0.05, 0.1) is 0 Å². The van der Waals surface area contributed by atoms with Crippen LogP contribution in [0.2, 0.25) is 0 Å². The molecule has 1 aromatic rings. The van der Waals surface area contributed by atoms with Gasteiger partial charge in [-0.05, 0) is 43.9 Å². The molecule has 3 nitrogen and oxygen atoms in total. The predicted molar refractivity (Wildman–Crippen MR) is 71.3 cm³/mol. The number of nitrogens with one attached hydrogen (secondary N) is 1. The summed E-state index contributed by atoms with van der Waals surface area (Å²) in [6.07, 6.45) is 0. The highest BCUT2D eigenvalue weighted by Crippen LogP contribution is 2.41. The second kappa shape index (κ2) is 4.52. The Labute approximate surface area is 117 Å². The molecule has 2 unspecified atom stereocenters. The summed E-state index contributed by atoms with van der Waals surface area (Å²) >= 11 is 0. The van der Waals surface area contributed by atoms with Gasteiger partial charge in [0.1, 0.15) is 0 Å². The van der Waals surface area contributed by atoms with Crippen LogP contribution in [-0.2, 0) is 0 Å². The highest BCUT2D eigenvalue weighted by atomic mass is 19.2. The molecule has 3 rings (SSSR count).